The van der Waals surface area contributed by atoms with Gasteiger partial charge in [0.1, 0.15) is 5.75 Å². The van der Waals surface area contributed by atoms with Crippen molar-refractivity contribution >= 4 is 11.6 Å². The summed E-state index contributed by atoms with van der Waals surface area (Å²) in [7, 11) is 0. The van der Waals surface area contributed by atoms with Gasteiger partial charge in [0.15, 0.2) is 5.75 Å². The Hall–Kier alpha value is -2.33. The van der Waals surface area contributed by atoms with Crippen molar-refractivity contribution in [2.75, 3.05) is 5.32 Å². The summed E-state index contributed by atoms with van der Waals surface area (Å²) in [5.74, 6) is 1.19. The monoisotopic (exact) mass is 284 g/mol. The number of carbonyl (C=O) groups excluding carboxylic acids is 1. The molecule has 0 aliphatic carbocycles. The van der Waals surface area contributed by atoms with Crippen molar-refractivity contribution in [3.05, 3.63) is 54.6 Å². The van der Waals surface area contributed by atoms with Crippen molar-refractivity contribution in [1.82, 2.24) is 0 Å². The predicted octanol–water partition coefficient (Wildman–Crippen LogP) is 3.54. The van der Waals surface area contributed by atoms with Gasteiger partial charge in [0.05, 0.1) is 5.69 Å². The molecule has 2 rings (SSSR count). The van der Waals surface area contributed by atoms with Crippen LogP contribution in [0.5, 0.6) is 11.5 Å². The zero-order valence-electron chi connectivity index (χ0n) is 12.3. The molecular formula is C17H20N2O2. The standard InChI is InChI=1S/C17H20N2O2/c1-17(2,18)12-16(20)19-14-10-6-7-11-15(14)21-13-8-4-3-5-9-13/h3-11H,12,18H2,1-2H3,(H,19,20). The van der Waals surface area contributed by atoms with Crippen LogP contribution >= 0.6 is 0 Å². The van der Waals surface area contributed by atoms with Gasteiger partial charge in [0, 0.05) is 12.0 Å². The first-order chi connectivity index (χ1) is 9.94. The van der Waals surface area contributed by atoms with Gasteiger partial charge >= 0.3 is 0 Å². The molecule has 0 saturated carbocycles. The van der Waals surface area contributed by atoms with Crippen LogP contribution in [-0.2, 0) is 4.79 Å². The lowest BCUT2D eigenvalue weighted by molar-refractivity contribution is -0.117. The highest BCUT2D eigenvalue weighted by Crippen LogP contribution is 2.29. The van der Waals surface area contributed by atoms with E-state index in [1.807, 2.05) is 62.4 Å². The van der Waals surface area contributed by atoms with Gasteiger partial charge in [-0.2, -0.15) is 0 Å². The van der Waals surface area contributed by atoms with E-state index in [1.165, 1.54) is 0 Å². The third kappa shape index (κ3) is 4.93. The SMILES string of the molecule is CC(C)(N)CC(=O)Nc1ccccc1Oc1ccccc1. The third-order valence-corrected chi connectivity index (χ3v) is 2.75. The quantitative estimate of drug-likeness (QED) is 0.882. The summed E-state index contributed by atoms with van der Waals surface area (Å²) in [6.07, 6.45) is 0.243. The molecular weight excluding hydrogens is 264 g/mol. The zero-order chi connectivity index (χ0) is 15.3. The van der Waals surface area contributed by atoms with E-state index in [4.69, 9.17) is 10.5 Å². The Morgan fingerprint density at radius 3 is 2.38 bits per heavy atom. The number of para-hydroxylation sites is 3. The zero-order valence-corrected chi connectivity index (χ0v) is 12.3. The smallest absolute Gasteiger partial charge is 0.226 e. The molecule has 3 N–H and O–H groups in total. The molecule has 110 valence electrons. The second kappa shape index (κ2) is 6.41. The number of anilines is 1. The highest BCUT2D eigenvalue weighted by Gasteiger charge is 2.17. The van der Waals surface area contributed by atoms with Gasteiger partial charge in [-0.3, -0.25) is 4.79 Å². The van der Waals surface area contributed by atoms with Crippen LogP contribution in [-0.4, -0.2) is 11.4 Å². The molecule has 1 amide bonds. The second-order valence-electron chi connectivity index (χ2n) is 5.62. The van der Waals surface area contributed by atoms with Crippen molar-refractivity contribution in [3.63, 3.8) is 0 Å². The van der Waals surface area contributed by atoms with Crippen LogP contribution in [0.1, 0.15) is 20.3 Å². The lowest BCUT2D eigenvalue weighted by atomic mass is 10.0. The fraction of sp³-hybridized carbons (Fsp3) is 0.235. The molecule has 0 spiro atoms. The van der Waals surface area contributed by atoms with Crippen LogP contribution in [0.25, 0.3) is 0 Å². The maximum atomic E-state index is 12.0. The Morgan fingerprint density at radius 2 is 1.71 bits per heavy atom. The molecule has 21 heavy (non-hydrogen) atoms. The van der Waals surface area contributed by atoms with E-state index in [1.54, 1.807) is 6.07 Å². The number of carbonyl (C=O) groups is 1. The first-order valence-electron chi connectivity index (χ1n) is 6.85. The summed E-state index contributed by atoms with van der Waals surface area (Å²) >= 11 is 0. The minimum absolute atomic E-state index is 0.133. The molecule has 0 atom stereocenters. The minimum atomic E-state index is -0.542. The summed E-state index contributed by atoms with van der Waals surface area (Å²) < 4.78 is 5.79. The van der Waals surface area contributed by atoms with Crippen LogP contribution in [0.3, 0.4) is 0 Å². The number of ether oxygens (including phenoxy) is 1. The Morgan fingerprint density at radius 1 is 1.10 bits per heavy atom. The van der Waals surface area contributed by atoms with Gasteiger partial charge in [-0.05, 0) is 38.1 Å². The molecule has 2 aromatic rings. The number of nitrogens with two attached hydrogens (primary N) is 1. The van der Waals surface area contributed by atoms with E-state index in [9.17, 15) is 4.79 Å². The predicted molar refractivity (Wildman–Crippen MR) is 84.5 cm³/mol. The Bertz CT molecular complexity index is 604. The Balaban J connectivity index is 2.12. The molecule has 0 radical (unpaired) electrons. The van der Waals surface area contributed by atoms with E-state index in [0.29, 0.717) is 11.4 Å². The molecule has 0 saturated heterocycles. The summed E-state index contributed by atoms with van der Waals surface area (Å²) in [6.45, 7) is 3.64. The topological polar surface area (TPSA) is 64.4 Å². The lowest BCUT2D eigenvalue weighted by Crippen LogP contribution is -2.36. The van der Waals surface area contributed by atoms with Crippen LogP contribution in [0.4, 0.5) is 5.69 Å². The number of benzene rings is 2. The van der Waals surface area contributed by atoms with Gasteiger partial charge in [-0.15, -0.1) is 0 Å². The summed E-state index contributed by atoms with van der Waals surface area (Å²) in [4.78, 5) is 12.0. The van der Waals surface area contributed by atoms with Gasteiger partial charge in [-0.1, -0.05) is 30.3 Å². The molecule has 0 bridgehead atoms. The van der Waals surface area contributed by atoms with E-state index in [2.05, 4.69) is 5.32 Å². The maximum Gasteiger partial charge on any atom is 0.226 e. The molecule has 4 heteroatoms. The first-order valence-corrected chi connectivity index (χ1v) is 6.85. The van der Waals surface area contributed by atoms with Gasteiger partial charge in [0.2, 0.25) is 5.91 Å². The Labute approximate surface area is 124 Å². The van der Waals surface area contributed by atoms with Crippen LogP contribution in [0, 0.1) is 0 Å². The number of hydrogen-bond donors (Lipinski definition) is 2. The van der Waals surface area contributed by atoms with Crippen molar-refractivity contribution in [1.29, 1.82) is 0 Å². The van der Waals surface area contributed by atoms with Crippen molar-refractivity contribution in [2.24, 2.45) is 5.73 Å². The van der Waals surface area contributed by atoms with Crippen molar-refractivity contribution in [3.8, 4) is 11.5 Å². The molecule has 0 aliphatic heterocycles. The van der Waals surface area contributed by atoms with E-state index in [-0.39, 0.29) is 12.3 Å². The fourth-order valence-corrected chi connectivity index (χ4v) is 1.88. The summed E-state index contributed by atoms with van der Waals surface area (Å²) in [5.41, 5.74) is 5.95. The Kier molecular flexibility index (Phi) is 4.60. The van der Waals surface area contributed by atoms with E-state index in [0.717, 1.165) is 5.75 Å². The van der Waals surface area contributed by atoms with Gasteiger partial charge < -0.3 is 15.8 Å². The van der Waals surface area contributed by atoms with Crippen LogP contribution < -0.4 is 15.8 Å². The largest absolute Gasteiger partial charge is 0.455 e. The molecule has 0 aliphatic rings. The second-order valence-corrected chi connectivity index (χ2v) is 5.62. The third-order valence-electron chi connectivity index (χ3n) is 2.75. The lowest BCUT2D eigenvalue weighted by Gasteiger charge is -2.18. The molecule has 0 unspecified atom stereocenters. The average Bonchev–Trinajstić information content (AvgIpc) is 2.40. The highest BCUT2D eigenvalue weighted by molar-refractivity contribution is 5.92. The molecule has 4 nitrogen and oxygen atoms in total. The molecule has 2 aromatic carbocycles. The summed E-state index contributed by atoms with van der Waals surface area (Å²) in [5, 5.41) is 2.84. The molecule has 0 fully saturated rings. The van der Waals surface area contributed by atoms with Crippen molar-refractivity contribution < 1.29 is 9.53 Å². The van der Waals surface area contributed by atoms with Gasteiger partial charge in [-0.25, -0.2) is 0 Å². The van der Waals surface area contributed by atoms with E-state index < -0.39 is 5.54 Å². The normalized spacial score (nSPS) is 11.0. The molecule has 0 aromatic heterocycles. The average molecular weight is 284 g/mol. The van der Waals surface area contributed by atoms with E-state index >= 15 is 0 Å². The first kappa shape index (κ1) is 15.1. The van der Waals surface area contributed by atoms with Gasteiger partial charge in [0.25, 0.3) is 0 Å². The maximum absolute atomic E-state index is 12.0. The molecule has 0 heterocycles. The number of rotatable bonds is 5. The fourth-order valence-electron chi connectivity index (χ4n) is 1.88. The number of amides is 1. The summed E-state index contributed by atoms with van der Waals surface area (Å²) in [6, 6.07) is 16.8. The minimum Gasteiger partial charge on any atom is -0.455 e. The highest BCUT2D eigenvalue weighted by atomic mass is 16.5. The number of hydrogen-bond acceptors (Lipinski definition) is 3. The van der Waals surface area contributed by atoms with Crippen LogP contribution in [0.2, 0.25) is 0 Å². The number of nitrogens with one attached hydrogen (secondary N) is 1. The van der Waals surface area contributed by atoms with Crippen molar-refractivity contribution in [2.45, 2.75) is 25.8 Å². The van der Waals surface area contributed by atoms with Crippen LogP contribution in [0.15, 0.2) is 54.6 Å².